The molecule has 1 N–H and O–H groups in total. The highest BCUT2D eigenvalue weighted by Gasteiger charge is 2.45. The first-order valence-corrected chi connectivity index (χ1v) is 12.1. The summed E-state index contributed by atoms with van der Waals surface area (Å²) in [5.74, 6) is -3.04. The molecule has 2 aromatic heterocycles. The number of carbonyl (C=O) groups is 1. The van der Waals surface area contributed by atoms with Crippen molar-refractivity contribution in [3.05, 3.63) is 40.4 Å². The van der Waals surface area contributed by atoms with Gasteiger partial charge in [-0.05, 0) is 48.3 Å². The van der Waals surface area contributed by atoms with Crippen LogP contribution in [-0.4, -0.2) is 37.0 Å². The highest BCUT2D eigenvalue weighted by atomic mass is 32.1. The topological polar surface area (TPSA) is 85.6 Å². The molecule has 7 nitrogen and oxygen atoms in total. The zero-order chi connectivity index (χ0) is 23.2. The molecule has 2 aliphatic carbocycles. The number of hydrogen-bond donors (Lipinski definition) is 1. The van der Waals surface area contributed by atoms with Crippen molar-refractivity contribution in [2.75, 3.05) is 5.32 Å². The third-order valence-corrected chi connectivity index (χ3v) is 7.68. The average molecular weight is 473 g/mol. The van der Waals surface area contributed by atoms with Gasteiger partial charge < -0.3 is 5.32 Å². The van der Waals surface area contributed by atoms with E-state index in [2.05, 4.69) is 32.6 Å². The lowest BCUT2D eigenvalue weighted by molar-refractivity contribution is -0.118. The zero-order valence-electron chi connectivity index (χ0n) is 18.6. The van der Waals surface area contributed by atoms with E-state index in [4.69, 9.17) is 0 Å². The SMILES string of the molecule is CC1CCc2nc(NC(=O)C(c3ccc(-c4nnn(C)n4)cc3)C3CCC(F)(F)C3)sc2C1. The predicted octanol–water partition coefficient (Wildman–Crippen LogP) is 4.62. The minimum atomic E-state index is -2.73. The minimum absolute atomic E-state index is 0.188. The maximum atomic E-state index is 14.1. The molecule has 2 aliphatic rings. The molecular weight excluding hydrogens is 446 g/mol. The number of amides is 1. The first kappa shape index (κ1) is 22.1. The number of tetrazole rings is 1. The molecule has 3 atom stereocenters. The maximum absolute atomic E-state index is 14.1. The lowest BCUT2D eigenvalue weighted by atomic mass is 9.83. The van der Waals surface area contributed by atoms with Crippen molar-refractivity contribution in [2.45, 2.75) is 57.3 Å². The van der Waals surface area contributed by atoms with E-state index in [0.717, 1.165) is 30.5 Å². The molecule has 10 heteroatoms. The molecule has 33 heavy (non-hydrogen) atoms. The largest absolute Gasteiger partial charge is 0.301 e. The third-order valence-electron chi connectivity index (χ3n) is 6.65. The summed E-state index contributed by atoms with van der Waals surface area (Å²) in [7, 11) is 1.68. The molecule has 1 fully saturated rings. The van der Waals surface area contributed by atoms with E-state index in [9.17, 15) is 13.6 Å². The summed E-state index contributed by atoms with van der Waals surface area (Å²) in [6.07, 6.45) is 2.82. The van der Waals surface area contributed by atoms with Crippen LogP contribution in [-0.2, 0) is 24.7 Å². The first-order chi connectivity index (χ1) is 15.8. The Morgan fingerprint density at radius 1 is 1.27 bits per heavy atom. The van der Waals surface area contributed by atoms with Crippen LogP contribution in [0.1, 0.15) is 54.7 Å². The van der Waals surface area contributed by atoms with E-state index in [1.807, 2.05) is 12.1 Å². The molecule has 1 saturated carbocycles. The molecular formula is C23H26F2N6OS. The van der Waals surface area contributed by atoms with Gasteiger partial charge in [-0.15, -0.1) is 21.5 Å². The number of nitrogens with zero attached hydrogens (tertiary/aromatic N) is 5. The molecule has 0 spiro atoms. The fraction of sp³-hybridized carbons (Fsp3) is 0.522. The molecule has 5 rings (SSSR count). The highest BCUT2D eigenvalue weighted by molar-refractivity contribution is 7.15. The third kappa shape index (κ3) is 4.66. The average Bonchev–Trinajstić information content (AvgIpc) is 3.46. The minimum Gasteiger partial charge on any atom is -0.301 e. The maximum Gasteiger partial charge on any atom is 0.248 e. The van der Waals surface area contributed by atoms with Crippen LogP contribution < -0.4 is 5.32 Å². The molecule has 0 bridgehead atoms. The number of alkyl halides is 2. The standard InChI is InChI=1S/C23H26F2N6OS/c1-13-3-8-17-18(11-13)33-22(26-17)27-21(32)19(16-9-10-23(24,25)12-16)14-4-6-15(7-5-14)20-28-30-31(2)29-20/h4-7,13,16,19H,3,8-12H2,1-2H3,(H,26,27,32). The Morgan fingerprint density at radius 3 is 2.73 bits per heavy atom. The molecule has 3 aromatic rings. The normalized spacial score (nSPS) is 22.7. The molecule has 3 unspecified atom stereocenters. The second-order valence-electron chi connectivity index (χ2n) is 9.29. The number of carbonyl (C=O) groups excluding carboxylic acids is 1. The summed E-state index contributed by atoms with van der Waals surface area (Å²) in [5.41, 5.74) is 2.51. The molecule has 0 saturated heterocycles. The van der Waals surface area contributed by atoms with Gasteiger partial charge in [0.05, 0.1) is 18.7 Å². The van der Waals surface area contributed by atoms with Crippen LogP contribution >= 0.6 is 11.3 Å². The Bertz CT molecular complexity index is 1160. The summed E-state index contributed by atoms with van der Waals surface area (Å²) < 4.78 is 28.1. The lowest BCUT2D eigenvalue weighted by Crippen LogP contribution is -2.27. The Hall–Kier alpha value is -2.75. The van der Waals surface area contributed by atoms with E-state index in [0.29, 0.717) is 28.9 Å². The number of hydrogen-bond acceptors (Lipinski definition) is 6. The van der Waals surface area contributed by atoms with Gasteiger partial charge in [0.1, 0.15) is 0 Å². The van der Waals surface area contributed by atoms with Gasteiger partial charge in [-0.1, -0.05) is 31.2 Å². The summed E-state index contributed by atoms with van der Waals surface area (Å²) in [5, 5.41) is 15.5. The summed E-state index contributed by atoms with van der Waals surface area (Å²) in [6, 6.07) is 7.23. The van der Waals surface area contributed by atoms with Crippen LogP contribution in [0.3, 0.4) is 0 Å². The van der Waals surface area contributed by atoms with Gasteiger partial charge in [0.15, 0.2) is 5.13 Å². The summed E-state index contributed by atoms with van der Waals surface area (Å²) >= 11 is 1.51. The number of aryl methyl sites for hydroxylation is 2. The second-order valence-corrected chi connectivity index (χ2v) is 10.4. The molecule has 1 aromatic carbocycles. The molecule has 2 heterocycles. The lowest BCUT2D eigenvalue weighted by Gasteiger charge is -2.23. The first-order valence-electron chi connectivity index (χ1n) is 11.3. The van der Waals surface area contributed by atoms with Crippen molar-refractivity contribution >= 4 is 22.4 Å². The fourth-order valence-corrected chi connectivity index (χ4v) is 6.10. The number of thiazole rings is 1. The van der Waals surface area contributed by atoms with Gasteiger partial charge in [0.2, 0.25) is 17.7 Å². The van der Waals surface area contributed by atoms with Crippen LogP contribution in [0.15, 0.2) is 24.3 Å². The molecule has 0 aliphatic heterocycles. The summed E-state index contributed by atoms with van der Waals surface area (Å²) in [4.78, 5) is 20.6. The van der Waals surface area contributed by atoms with E-state index < -0.39 is 17.8 Å². The number of fused-ring (bicyclic) bond motifs is 1. The van der Waals surface area contributed by atoms with Crippen LogP contribution in [0.5, 0.6) is 0 Å². The van der Waals surface area contributed by atoms with Gasteiger partial charge in [0.25, 0.3) is 0 Å². The van der Waals surface area contributed by atoms with Crippen molar-refractivity contribution < 1.29 is 13.6 Å². The zero-order valence-corrected chi connectivity index (χ0v) is 19.4. The number of anilines is 1. The molecule has 0 radical (unpaired) electrons. The number of benzene rings is 1. The van der Waals surface area contributed by atoms with E-state index >= 15 is 0 Å². The molecule has 174 valence electrons. The van der Waals surface area contributed by atoms with Crippen LogP contribution in [0.25, 0.3) is 11.4 Å². The Balaban J connectivity index is 1.40. The van der Waals surface area contributed by atoms with Crippen molar-refractivity contribution in [3.8, 4) is 11.4 Å². The second kappa shape index (κ2) is 8.55. The number of halogens is 2. The van der Waals surface area contributed by atoms with Gasteiger partial charge >= 0.3 is 0 Å². The van der Waals surface area contributed by atoms with Crippen molar-refractivity contribution in [1.29, 1.82) is 0 Å². The predicted molar refractivity (Wildman–Crippen MR) is 121 cm³/mol. The van der Waals surface area contributed by atoms with Crippen LogP contribution in [0.2, 0.25) is 0 Å². The van der Waals surface area contributed by atoms with Gasteiger partial charge in [-0.25, -0.2) is 13.8 Å². The smallest absolute Gasteiger partial charge is 0.248 e. The summed E-state index contributed by atoms with van der Waals surface area (Å²) in [6.45, 7) is 2.22. The van der Waals surface area contributed by atoms with Crippen molar-refractivity contribution in [3.63, 3.8) is 0 Å². The number of rotatable bonds is 5. The van der Waals surface area contributed by atoms with Gasteiger partial charge in [-0.3, -0.25) is 4.79 Å². The quantitative estimate of drug-likeness (QED) is 0.586. The van der Waals surface area contributed by atoms with Gasteiger partial charge in [-0.2, -0.15) is 4.80 Å². The van der Waals surface area contributed by atoms with Gasteiger partial charge in [0, 0.05) is 23.3 Å². The fourth-order valence-electron chi connectivity index (χ4n) is 4.92. The Morgan fingerprint density at radius 2 is 2.06 bits per heavy atom. The van der Waals surface area contributed by atoms with Crippen LogP contribution in [0.4, 0.5) is 13.9 Å². The highest BCUT2D eigenvalue weighted by Crippen LogP contribution is 2.46. The Kier molecular flexibility index (Phi) is 5.72. The van der Waals surface area contributed by atoms with E-state index in [-0.39, 0.29) is 18.7 Å². The monoisotopic (exact) mass is 472 g/mol. The van der Waals surface area contributed by atoms with E-state index in [1.165, 1.54) is 21.0 Å². The number of nitrogens with one attached hydrogen (secondary N) is 1. The van der Waals surface area contributed by atoms with Crippen molar-refractivity contribution in [1.82, 2.24) is 25.2 Å². The van der Waals surface area contributed by atoms with Crippen molar-refractivity contribution in [2.24, 2.45) is 18.9 Å². The number of aromatic nitrogens is 5. The van der Waals surface area contributed by atoms with E-state index in [1.54, 1.807) is 19.2 Å². The Labute approximate surface area is 194 Å². The molecule has 1 amide bonds. The van der Waals surface area contributed by atoms with Crippen LogP contribution in [0, 0.1) is 11.8 Å².